The normalized spacial score (nSPS) is 17.2. The highest BCUT2D eigenvalue weighted by Crippen LogP contribution is 2.32. The van der Waals surface area contributed by atoms with Crippen LogP contribution < -0.4 is 20.7 Å². The SMILES string of the molecule is COc1ccccc1N1CCC(Nc2ccc3oc(=O)[nH]c3c2)C1=O. The number of amides is 1. The Bertz CT molecular complexity index is 991. The molecule has 7 heteroatoms. The lowest BCUT2D eigenvalue weighted by Crippen LogP contribution is -2.33. The predicted molar refractivity (Wildman–Crippen MR) is 94.2 cm³/mol. The van der Waals surface area contributed by atoms with Crippen LogP contribution in [0.5, 0.6) is 5.75 Å². The zero-order chi connectivity index (χ0) is 17.4. The van der Waals surface area contributed by atoms with E-state index in [0.717, 1.165) is 11.4 Å². The number of carbonyl (C=O) groups excluding carboxylic acids is 1. The van der Waals surface area contributed by atoms with Crippen LogP contribution in [0.2, 0.25) is 0 Å². The van der Waals surface area contributed by atoms with Crippen molar-refractivity contribution in [2.75, 3.05) is 23.9 Å². The zero-order valence-corrected chi connectivity index (χ0v) is 13.6. The van der Waals surface area contributed by atoms with Crippen molar-refractivity contribution < 1.29 is 13.9 Å². The summed E-state index contributed by atoms with van der Waals surface area (Å²) >= 11 is 0. The second-order valence-corrected chi connectivity index (χ2v) is 5.87. The molecular formula is C18H17N3O4. The van der Waals surface area contributed by atoms with E-state index >= 15 is 0 Å². The van der Waals surface area contributed by atoms with Gasteiger partial charge in [-0.15, -0.1) is 0 Å². The first kappa shape index (κ1) is 15.3. The number of nitrogens with zero attached hydrogens (tertiary/aromatic N) is 1. The highest BCUT2D eigenvalue weighted by molar-refractivity contribution is 6.02. The number of anilines is 2. The van der Waals surface area contributed by atoms with Crippen LogP contribution >= 0.6 is 0 Å². The summed E-state index contributed by atoms with van der Waals surface area (Å²) in [4.78, 5) is 28.4. The molecule has 1 aliphatic rings. The molecule has 7 nitrogen and oxygen atoms in total. The largest absolute Gasteiger partial charge is 0.495 e. The zero-order valence-electron chi connectivity index (χ0n) is 13.6. The van der Waals surface area contributed by atoms with Crippen LogP contribution in [-0.2, 0) is 4.79 Å². The molecule has 3 aromatic rings. The molecule has 0 bridgehead atoms. The summed E-state index contributed by atoms with van der Waals surface area (Å²) in [6, 6.07) is 12.4. The van der Waals surface area contributed by atoms with Crippen molar-refractivity contribution in [1.29, 1.82) is 0 Å². The maximum Gasteiger partial charge on any atom is 0.417 e. The van der Waals surface area contributed by atoms with Gasteiger partial charge < -0.3 is 19.4 Å². The van der Waals surface area contributed by atoms with E-state index in [9.17, 15) is 9.59 Å². The van der Waals surface area contributed by atoms with Crippen molar-refractivity contribution in [3.8, 4) is 5.75 Å². The number of fused-ring (bicyclic) bond motifs is 1. The number of ether oxygens (including phenoxy) is 1. The Balaban J connectivity index is 1.55. The van der Waals surface area contributed by atoms with Gasteiger partial charge in [0.2, 0.25) is 5.91 Å². The molecule has 1 fully saturated rings. The predicted octanol–water partition coefficient (Wildman–Crippen LogP) is 2.35. The summed E-state index contributed by atoms with van der Waals surface area (Å²) in [5.41, 5.74) is 2.62. The summed E-state index contributed by atoms with van der Waals surface area (Å²) in [5, 5.41) is 3.23. The Morgan fingerprint density at radius 1 is 1.24 bits per heavy atom. The number of para-hydroxylation sites is 2. The molecule has 2 heterocycles. The summed E-state index contributed by atoms with van der Waals surface area (Å²) in [7, 11) is 1.59. The van der Waals surface area contributed by atoms with Gasteiger partial charge in [0.05, 0.1) is 18.3 Å². The van der Waals surface area contributed by atoms with Gasteiger partial charge in [0.1, 0.15) is 11.8 Å². The van der Waals surface area contributed by atoms with Crippen molar-refractivity contribution >= 4 is 28.4 Å². The Morgan fingerprint density at radius 3 is 2.92 bits per heavy atom. The minimum absolute atomic E-state index is 0.00900. The first-order valence-electron chi connectivity index (χ1n) is 7.99. The van der Waals surface area contributed by atoms with Gasteiger partial charge in [-0.2, -0.15) is 0 Å². The van der Waals surface area contributed by atoms with Crippen molar-refractivity contribution in [2.45, 2.75) is 12.5 Å². The maximum absolute atomic E-state index is 12.8. The average Bonchev–Trinajstić information content (AvgIpc) is 3.16. The molecule has 1 amide bonds. The van der Waals surface area contributed by atoms with Gasteiger partial charge in [-0.3, -0.25) is 9.78 Å². The molecule has 1 atom stereocenters. The van der Waals surface area contributed by atoms with Gasteiger partial charge in [0, 0.05) is 12.2 Å². The molecule has 0 saturated carbocycles. The molecule has 0 aliphatic carbocycles. The lowest BCUT2D eigenvalue weighted by atomic mass is 10.2. The van der Waals surface area contributed by atoms with E-state index in [0.29, 0.717) is 29.8 Å². The summed E-state index contributed by atoms with van der Waals surface area (Å²) in [6.07, 6.45) is 0.677. The highest BCUT2D eigenvalue weighted by atomic mass is 16.5. The number of rotatable bonds is 4. The van der Waals surface area contributed by atoms with Crippen LogP contribution in [0.15, 0.2) is 51.7 Å². The first-order chi connectivity index (χ1) is 12.2. The van der Waals surface area contributed by atoms with Gasteiger partial charge in [-0.05, 0) is 36.8 Å². The number of hydrogen-bond donors (Lipinski definition) is 2. The lowest BCUT2D eigenvalue weighted by molar-refractivity contribution is -0.117. The number of H-pyrrole nitrogens is 1. The van der Waals surface area contributed by atoms with E-state index in [4.69, 9.17) is 9.15 Å². The Kier molecular flexibility index (Phi) is 3.68. The number of nitrogens with one attached hydrogen (secondary N) is 2. The standard InChI is InChI=1S/C18H17N3O4/c1-24-16-5-3-2-4-14(16)21-9-8-12(17(21)22)19-11-6-7-15-13(10-11)20-18(23)25-15/h2-7,10,12,19H,8-9H2,1H3,(H,20,23). The Labute approximate surface area is 143 Å². The van der Waals surface area contributed by atoms with Gasteiger partial charge in [-0.25, -0.2) is 4.79 Å². The summed E-state index contributed by atoms with van der Waals surface area (Å²) in [5.74, 6) is 0.172. The number of hydrogen-bond acceptors (Lipinski definition) is 5. The Morgan fingerprint density at radius 2 is 2.08 bits per heavy atom. The second-order valence-electron chi connectivity index (χ2n) is 5.87. The molecule has 128 valence electrons. The Hall–Kier alpha value is -3.22. The van der Waals surface area contributed by atoms with E-state index < -0.39 is 5.76 Å². The van der Waals surface area contributed by atoms with Crippen LogP contribution in [0.25, 0.3) is 11.1 Å². The first-order valence-corrected chi connectivity index (χ1v) is 7.99. The monoisotopic (exact) mass is 339 g/mol. The number of benzene rings is 2. The van der Waals surface area contributed by atoms with Gasteiger partial charge >= 0.3 is 5.76 Å². The van der Waals surface area contributed by atoms with Crippen molar-refractivity contribution in [3.63, 3.8) is 0 Å². The molecular weight excluding hydrogens is 322 g/mol. The van der Waals surface area contributed by atoms with E-state index in [2.05, 4.69) is 10.3 Å². The smallest absolute Gasteiger partial charge is 0.417 e. The molecule has 0 radical (unpaired) electrons. The number of aromatic nitrogens is 1. The topological polar surface area (TPSA) is 87.6 Å². The number of methoxy groups -OCH3 is 1. The van der Waals surface area contributed by atoms with Gasteiger partial charge in [0.25, 0.3) is 0 Å². The van der Waals surface area contributed by atoms with Crippen LogP contribution in [0.3, 0.4) is 0 Å². The third kappa shape index (κ3) is 2.73. The summed E-state index contributed by atoms with van der Waals surface area (Å²) in [6.45, 7) is 0.613. The van der Waals surface area contributed by atoms with Crippen LogP contribution in [-0.4, -0.2) is 30.6 Å². The highest BCUT2D eigenvalue weighted by Gasteiger charge is 2.33. The fourth-order valence-corrected chi connectivity index (χ4v) is 3.15. The van der Waals surface area contributed by atoms with E-state index in [1.165, 1.54) is 0 Å². The number of oxazole rings is 1. The molecule has 0 spiro atoms. The third-order valence-corrected chi connectivity index (χ3v) is 4.34. The molecule has 2 aromatic carbocycles. The molecule has 1 saturated heterocycles. The average molecular weight is 339 g/mol. The van der Waals surface area contributed by atoms with Crippen LogP contribution in [0.1, 0.15) is 6.42 Å². The molecule has 25 heavy (non-hydrogen) atoms. The molecule has 1 aliphatic heterocycles. The van der Waals surface area contributed by atoms with Crippen molar-refractivity contribution in [2.24, 2.45) is 0 Å². The van der Waals surface area contributed by atoms with E-state index in [1.54, 1.807) is 30.2 Å². The molecule has 2 N–H and O–H groups in total. The lowest BCUT2D eigenvalue weighted by Gasteiger charge is -2.20. The molecule has 1 unspecified atom stereocenters. The number of aromatic amines is 1. The third-order valence-electron chi connectivity index (χ3n) is 4.34. The maximum atomic E-state index is 12.8. The summed E-state index contributed by atoms with van der Waals surface area (Å²) < 4.78 is 10.3. The van der Waals surface area contributed by atoms with Crippen molar-refractivity contribution in [1.82, 2.24) is 4.98 Å². The van der Waals surface area contributed by atoms with Crippen LogP contribution in [0.4, 0.5) is 11.4 Å². The minimum atomic E-state index is -0.494. The molecule has 1 aromatic heterocycles. The van der Waals surface area contributed by atoms with E-state index in [1.807, 2.05) is 24.3 Å². The van der Waals surface area contributed by atoms with E-state index in [-0.39, 0.29) is 11.9 Å². The fourth-order valence-electron chi connectivity index (χ4n) is 3.15. The minimum Gasteiger partial charge on any atom is -0.495 e. The molecule has 4 rings (SSSR count). The number of carbonyl (C=O) groups is 1. The fraction of sp³-hybridized carbons (Fsp3) is 0.222. The van der Waals surface area contributed by atoms with Crippen molar-refractivity contribution in [3.05, 3.63) is 53.0 Å². The second kappa shape index (κ2) is 6.01. The van der Waals surface area contributed by atoms with Gasteiger partial charge in [0.15, 0.2) is 5.58 Å². The van der Waals surface area contributed by atoms with Crippen LogP contribution in [0, 0.1) is 0 Å². The quantitative estimate of drug-likeness (QED) is 0.762. The van der Waals surface area contributed by atoms with Gasteiger partial charge in [-0.1, -0.05) is 12.1 Å².